The Morgan fingerprint density at radius 2 is 2.17 bits per heavy atom. The summed E-state index contributed by atoms with van der Waals surface area (Å²) in [7, 11) is -0.477. The van der Waals surface area contributed by atoms with Crippen molar-refractivity contribution < 1.29 is 13.2 Å². The fourth-order valence-electron chi connectivity index (χ4n) is 1.65. The monoisotopic (exact) mass is 276 g/mol. The van der Waals surface area contributed by atoms with Crippen molar-refractivity contribution in [3.8, 4) is 0 Å². The summed E-state index contributed by atoms with van der Waals surface area (Å²) in [6.07, 6.45) is 1.41. The molecule has 7 nitrogen and oxygen atoms in total. The van der Waals surface area contributed by atoms with Gasteiger partial charge in [0.25, 0.3) is 0 Å². The molecule has 0 saturated heterocycles. The molecule has 2 N–H and O–H groups in total. The van der Waals surface area contributed by atoms with E-state index in [0.29, 0.717) is 6.61 Å². The molecule has 0 bridgehead atoms. The van der Waals surface area contributed by atoms with Crippen LogP contribution in [0.5, 0.6) is 0 Å². The van der Waals surface area contributed by atoms with Gasteiger partial charge in [0.15, 0.2) is 5.82 Å². The van der Waals surface area contributed by atoms with E-state index in [0.717, 1.165) is 0 Å². The summed E-state index contributed by atoms with van der Waals surface area (Å²) in [5.41, 5.74) is 5.63. The van der Waals surface area contributed by atoms with E-state index in [-0.39, 0.29) is 23.3 Å². The molecule has 104 valence electrons. The van der Waals surface area contributed by atoms with Crippen LogP contribution in [0.4, 0.5) is 5.82 Å². The zero-order valence-corrected chi connectivity index (χ0v) is 11.9. The first-order valence-electron chi connectivity index (χ1n) is 5.60. The van der Waals surface area contributed by atoms with Crippen LogP contribution in [0.2, 0.25) is 0 Å². The van der Waals surface area contributed by atoms with Crippen molar-refractivity contribution in [3.05, 3.63) is 6.20 Å². The fourth-order valence-corrected chi connectivity index (χ4v) is 3.36. The molecule has 0 aliphatic heterocycles. The molecule has 0 spiro atoms. The van der Waals surface area contributed by atoms with Gasteiger partial charge in [-0.05, 0) is 13.8 Å². The van der Waals surface area contributed by atoms with Crippen LogP contribution in [0.3, 0.4) is 0 Å². The molecule has 1 heterocycles. The summed E-state index contributed by atoms with van der Waals surface area (Å²) in [4.78, 5) is 0.0369. The molecule has 0 aromatic carbocycles. The number of aromatic nitrogens is 2. The highest BCUT2D eigenvalue weighted by Crippen LogP contribution is 2.22. The fraction of sp³-hybridized carbons (Fsp3) is 0.700. The van der Waals surface area contributed by atoms with Crippen LogP contribution in [0.15, 0.2) is 11.1 Å². The minimum Gasteiger partial charge on any atom is -0.383 e. The third-order valence-electron chi connectivity index (χ3n) is 2.50. The van der Waals surface area contributed by atoms with Gasteiger partial charge in [-0.25, -0.2) is 8.42 Å². The molecule has 0 unspecified atom stereocenters. The minimum atomic E-state index is -3.64. The van der Waals surface area contributed by atoms with E-state index in [1.54, 1.807) is 20.9 Å². The largest absolute Gasteiger partial charge is 0.383 e. The summed E-state index contributed by atoms with van der Waals surface area (Å²) < 4.78 is 32.6. The van der Waals surface area contributed by atoms with Crippen LogP contribution in [0.1, 0.15) is 13.8 Å². The maximum Gasteiger partial charge on any atom is 0.248 e. The van der Waals surface area contributed by atoms with Gasteiger partial charge < -0.3 is 10.5 Å². The van der Waals surface area contributed by atoms with E-state index in [2.05, 4.69) is 5.10 Å². The van der Waals surface area contributed by atoms with Crippen molar-refractivity contribution in [2.24, 2.45) is 7.05 Å². The lowest BCUT2D eigenvalue weighted by atomic mass is 10.4. The van der Waals surface area contributed by atoms with Gasteiger partial charge in [-0.2, -0.15) is 9.40 Å². The number of sulfonamides is 1. The number of nitrogens with zero attached hydrogens (tertiary/aromatic N) is 3. The molecule has 18 heavy (non-hydrogen) atoms. The smallest absolute Gasteiger partial charge is 0.248 e. The summed E-state index contributed by atoms with van der Waals surface area (Å²) >= 11 is 0. The van der Waals surface area contributed by atoms with E-state index in [9.17, 15) is 8.42 Å². The number of methoxy groups -OCH3 is 1. The van der Waals surface area contributed by atoms with Crippen molar-refractivity contribution >= 4 is 15.8 Å². The Labute approximate surface area is 108 Å². The zero-order chi connectivity index (χ0) is 13.9. The van der Waals surface area contributed by atoms with Crippen molar-refractivity contribution in [1.82, 2.24) is 14.1 Å². The molecule has 0 aliphatic rings. The average molecular weight is 276 g/mol. The molecular formula is C10H20N4O3S. The first kappa shape index (κ1) is 14.9. The topological polar surface area (TPSA) is 90.5 Å². The number of aryl methyl sites for hydroxylation is 1. The van der Waals surface area contributed by atoms with Gasteiger partial charge >= 0.3 is 0 Å². The quantitative estimate of drug-likeness (QED) is 0.792. The Bertz CT molecular complexity index is 495. The molecule has 0 aliphatic carbocycles. The molecule has 0 radical (unpaired) electrons. The van der Waals surface area contributed by atoms with Gasteiger partial charge in [-0.15, -0.1) is 0 Å². The molecule has 0 saturated carbocycles. The SMILES string of the molecule is COCCN(C(C)C)S(=O)(=O)c1cn(C)nc1N. The zero-order valence-electron chi connectivity index (χ0n) is 11.1. The van der Waals surface area contributed by atoms with Crippen LogP contribution in [0.25, 0.3) is 0 Å². The lowest BCUT2D eigenvalue weighted by Gasteiger charge is -2.25. The highest BCUT2D eigenvalue weighted by molar-refractivity contribution is 7.89. The molecule has 0 amide bonds. The molecular weight excluding hydrogens is 256 g/mol. The first-order valence-corrected chi connectivity index (χ1v) is 7.04. The number of hydrogen-bond donors (Lipinski definition) is 1. The maximum absolute atomic E-state index is 12.5. The number of nitrogens with two attached hydrogens (primary N) is 1. The lowest BCUT2D eigenvalue weighted by Crippen LogP contribution is -2.39. The normalized spacial score (nSPS) is 12.6. The third kappa shape index (κ3) is 3.01. The number of rotatable bonds is 6. The van der Waals surface area contributed by atoms with Crippen LogP contribution < -0.4 is 5.73 Å². The Hall–Kier alpha value is -1.12. The predicted molar refractivity (Wildman–Crippen MR) is 68.5 cm³/mol. The Morgan fingerprint density at radius 1 is 1.56 bits per heavy atom. The molecule has 0 fully saturated rings. The molecule has 1 aromatic rings. The average Bonchev–Trinajstić information content (AvgIpc) is 2.58. The van der Waals surface area contributed by atoms with E-state index >= 15 is 0 Å². The highest BCUT2D eigenvalue weighted by atomic mass is 32.2. The summed E-state index contributed by atoms with van der Waals surface area (Å²) in [6.45, 7) is 4.22. The van der Waals surface area contributed by atoms with Crippen LogP contribution in [-0.4, -0.2) is 48.8 Å². The van der Waals surface area contributed by atoms with E-state index in [1.165, 1.54) is 22.3 Å². The second-order valence-corrected chi connectivity index (χ2v) is 6.11. The van der Waals surface area contributed by atoms with Gasteiger partial charge in [-0.1, -0.05) is 0 Å². The van der Waals surface area contributed by atoms with Crippen LogP contribution in [-0.2, 0) is 21.8 Å². The maximum atomic E-state index is 12.5. The summed E-state index contributed by atoms with van der Waals surface area (Å²) in [5.74, 6) is 0.0144. The molecule has 1 rings (SSSR count). The molecule has 0 atom stereocenters. The molecule has 8 heteroatoms. The van der Waals surface area contributed by atoms with Crippen molar-refractivity contribution in [3.63, 3.8) is 0 Å². The predicted octanol–water partition coefficient (Wildman–Crippen LogP) is 0.0478. The Kier molecular flexibility index (Phi) is 4.71. The third-order valence-corrected chi connectivity index (χ3v) is 4.59. The second kappa shape index (κ2) is 5.68. The lowest BCUT2D eigenvalue weighted by molar-refractivity contribution is 0.171. The second-order valence-electron chi connectivity index (χ2n) is 4.25. The number of hydrogen-bond acceptors (Lipinski definition) is 5. The van der Waals surface area contributed by atoms with Crippen LogP contribution >= 0.6 is 0 Å². The van der Waals surface area contributed by atoms with Crippen molar-refractivity contribution in [2.75, 3.05) is 26.0 Å². The number of anilines is 1. The first-order chi connectivity index (χ1) is 8.30. The number of nitrogen functional groups attached to an aromatic ring is 1. The standard InChI is InChI=1S/C10H20N4O3S/c1-8(2)14(5-6-17-4)18(15,16)9-7-13(3)12-10(9)11/h7-8H,5-6H2,1-4H3,(H2,11,12). The van der Waals surface area contributed by atoms with Gasteiger partial charge in [0.1, 0.15) is 4.90 Å². The Morgan fingerprint density at radius 3 is 2.56 bits per heavy atom. The number of ether oxygens (including phenoxy) is 1. The van der Waals surface area contributed by atoms with Gasteiger partial charge in [0.2, 0.25) is 10.0 Å². The van der Waals surface area contributed by atoms with Crippen LogP contribution in [0, 0.1) is 0 Å². The van der Waals surface area contributed by atoms with Gasteiger partial charge in [-0.3, -0.25) is 4.68 Å². The molecule has 1 aromatic heterocycles. The van der Waals surface area contributed by atoms with Crippen molar-refractivity contribution in [1.29, 1.82) is 0 Å². The van der Waals surface area contributed by atoms with Crippen molar-refractivity contribution in [2.45, 2.75) is 24.8 Å². The summed E-state index contributed by atoms with van der Waals surface area (Å²) in [5, 5.41) is 3.86. The van der Waals surface area contributed by atoms with E-state index in [4.69, 9.17) is 10.5 Å². The Balaban J connectivity index is 3.13. The van der Waals surface area contributed by atoms with E-state index < -0.39 is 10.0 Å². The van der Waals surface area contributed by atoms with E-state index in [1.807, 2.05) is 0 Å². The van der Waals surface area contributed by atoms with Gasteiger partial charge in [0, 0.05) is 32.9 Å². The highest BCUT2D eigenvalue weighted by Gasteiger charge is 2.30. The summed E-state index contributed by atoms with van der Waals surface area (Å²) in [6, 6.07) is -0.176. The minimum absolute atomic E-state index is 0.0144. The van der Waals surface area contributed by atoms with Gasteiger partial charge in [0.05, 0.1) is 6.61 Å².